The van der Waals surface area contributed by atoms with Gasteiger partial charge >= 0.3 is 11.9 Å². The number of carboxylic acid groups (broad SMARTS) is 1. The number of nitrogens with two attached hydrogens (primary N) is 2. The van der Waals surface area contributed by atoms with Crippen LogP contribution in [-0.2, 0) is 33.5 Å². The topological polar surface area (TPSA) is 217 Å². The molecule has 3 amide bonds. The van der Waals surface area contributed by atoms with Crippen molar-refractivity contribution in [3.63, 3.8) is 0 Å². The summed E-state index contributed by atoms with van der Waals surface area (Å²) in [5, 5.41) is 15.2. The van der Waals surface area contributed by atoms with Gasteiger partial charge in [0.25, 0.3) is 17.7 Å². The number of thioether (sulfide) groups is 1. The number of amides is 3. The molecule has 0 aromatic carbocycles. The number of aliphatic carboxylic acids is 1. The summed E-state index contributed by atoms with van der Waals surface area (Å²) in [5.41, 5.74) is 10.4. The van der Waals surface area contributed by atoms with Crippen LogP contribution < -0.4 is 16.8 Å². The largest absolute Gasteiger partial charge is 0.477 e. The smallest absolute Gasteiger partial charge is 0.352 e. The van der Waals surface area contributed by atoms with Crippen LogP contribution in [0.1, 0.15) is 17.5 Å². The fourth-order valence-electron chi connectivity index (χ4n) is 3.18. The number of nitrogen functional groups attached to an aromatic ring is 1. The Morgan fingerprint density at radius 2 is 2.06 bits per heavy atom. The molecule has 0 radical (unpaired) electrons. The van der Waals surface area contributed by atoms with Gasteiger partial charge < -0.3 is 31.5 Å². The number of aromatic nitrogens is 1. The van der Waals surface area contributed by atoms with Crippen LogP contribution in [0.5, 0.6) is 0 Å². The van der Waals surface area contributed by atoms with Crippen molar-refractivity contribution in [3.05, 3.63) is 21.8 Å². The zero-order valence-electron chi connectivity index (χ0n) is 17.9. The van der Waals surface area contributed by atoms with Crippen LogP contribution in [0.2, 0.25) is 0 Å². The number of fused-ring (bicyclic) bond motifs is 1. The van der Waals surface area contributed by atoms with Crippen LogP contribution in [-0.4, -0.2) is 80.7 Å². The van der Waals surface area contributed by atoms with E-state index in [-0.39, 0.29) is 40.2 Å². The maximum Gasteiger partial charge on any atom is 0.352 e. The number of nitrogens with one attached hydrogen (secondary N) is 1. The number of thiazole rings is 1. The Hall–Kier alpha value is -3.66. The molecule has 182 valence electrons. The molecule has 34 heavy (non-hydrogen) atoms. The third-order valence-electron chi connectivity index (χ3n) is 4.60. The second-order valence-corrected chi connectivity index (χ2v) is 9.37. The molecule has 6 N–H and O–H groups in total. The second kappa shape index (κ2) is 10.1. The summed E-state index contributed by atoms with van der Waals surface area (Å²) in [5.74, 6) is -4.12. The first-order valence-corrected chi connectivity index (χ1v) is 11.4. The van der Waals surface area contributed by atoms with E-state index in [4.69, 9.17) is 21.0 Å². The van der Waals surface area contributed by atoms with E-state index >= 15 is 0 Å². The lowest BCUT2D eigenvalue weighted by Gasteiger charge is -2.49. The number of β-lactam (4-membered cyclic amide) rings is 1. The van der Waals surface area contributed by atoms with Gasteiger partial charge in [-0.2, -0.15) is 0 Å². The third-order valence-corrected chi connectivity index (χ3v) is 6.74. The molecule has 2 aliphatic heterocycles. The van der Waals surface area contributed by atoms with Crippen LogP contribution in [0.15, 0.2) is 16.4 Å². The number of hydrogen-bond acceptors (Lipinski definition) is 12. The number of ether oxygens (including phenoxy) is 1. The van der Waals surface area contributed by atoms with Gasteiger partial charge in [0.2, 0.25) is 0 Å². The van der Waals surface area contributed by atoms with Crippen LogP contribution >= 0.6 is 23.1 Å². The molecule has 2 aliphatic rings. The van der Waals surface area contributed by atoms with Crippen molar-refractivity contribution < 1.29 is 38.7 Å². The first-order valence-electron chi connectivity index (χ1n) is 9.57. The Bertz CT molecular complexity index is 1130. The van der Waals surface area contributed by atoms with Crippen molar-refractivity contribution in [3.8, 4) is 0 Å². The Morgan fingerprint density at radius 1 is 1.35 bits per heavy atom. The number of primary amides is 1. The van der Waals surface area contributed by atoms with Gasteiger partial charge in [-0.05, 0) is 6.92 Å². The maximum atomic E-state index is 13.0. The number of rotatable bonds is 9. The number of carboxylic acids is 1. The van der Waals surface area contributed by atoms with E-state index in [9.17, 15) is 29.1 Å². The van der Waals surface area contributed by atoms with E-state index in [1.165, 1.54) is 18.7 Å². The fraction of sp³-hybridized carbons (Fsp3) is 0.389. The lowest BCUT2D eigenvalue weighted by Crippen LogP contribution is -2.71. The minimum Gasteiger partial charge on any atom is -0.477 e. The lowest BCUT2D eigenvalue weighted by molar-refractivity contribution is -0.150. The molecule has 1 aromatic rings. The Balaban J connectivity index is 1.81. The average Bonchev–Trinajstić information content (AvgIpc) is 3.09. The van der Waals surface area contributed by atoms with E-state index in [1.54, 1.807) is 6.92 Å². The minimum absolute atomic E-state index is 0.0965. The summed E-state index contributed by atoms with van der Waals surface area (Å²) in [6.07, 6.45) is 0. The number of carbonyl (C=O) groups is 5. The van der Waals surface area contributed by atoms with E-state index in [1.807, 2.05) is 0 Å². The van der Waals surface area contributed by atoms with Gasteiger partial charge in [-0.3, -0.25) is 24.1 Å². The van der Waals surface area contributed by atoms with Gasteiger partial charge in [-0.25, -0.2) is 9.78 Å². The van der Waals surface area contributed by atoms with Crippen molar-refractivity contribution in [2.75, 3.05) is 24.7 Å². The molecule has 0 bridgehead atoms. The van der Waals surface area contributed by atoms with E-state index < -0.39 is 47.7 Å². The second-order valence-electron chi connectivity index (χ2n) is 7.04. The molecule has 14 nitrogen and oxygen atoms in total. The standard InChI is InChI=1S/C18H20N6O8S2/c1-6-10(22-18(20)34-6)11(23-32-4-9(19)26)14(27)21-12-15(28)24-13(17(29)30)8(3-31-7(2)25)5-33-16(12)24/h12,16H,3-5H2,1-2H3,(H2,19,26)(H2,20,22)(H,21,27)(H,29,30)/t12-,16-/m1/s1. The van der Waals surface area contributed by atoms with Gasteiger partial charge in [0.1, 0.15) is 29.4 Å². The molecule has 0 spiro atoms. The van der Waals surface area contributed by atoms with E-state index in [0.717, 1.165) is 16.2 Å². The van der Waals surface area contributed by atoms with Crippen molar-refractivity contribution in [1.82, 2.24) is 15.2 Å². The number of esters is 1. The molecule has 1 aromatic heterocycles. The quantitative estimate of drug-likeness (QED) is 0.130. The number of carbonyl (C=O) groups excluding carboxylic acids is 4. The maximum absolute atomic E-state index is 13.0. The lowest BCUT2D eigenvalue weighted by atomic mass is 10.0. The van der Waals surface area contributed by atoms with Gasteiger partial charge in [-0.1, -0.05) is 5.16 Å². The SMILES string of the molecule is CC(=O)OCC1=C(C(=O)O)N2C(=O)[C@@H](NC(=O)C(=NOCC(N)=O)c3nc(N)sc3C)[C@H]2SC1. The molecule has 1 fully saturated rings. The van der Waals surface area contributed by atoms with Crippen LogP contribution in [0, 0.1) is 6.92 Å². The predicted octanol–water partition coefficient (Wildman–Crippen LogP) is -1.46. The van der Waals surface area contributed by atoms with Gasteiger partial charge in [0.15, 0.2) is 17.5 Å². The van der Waals surface area contributed by atoms with E-state index in [0.29, 0.717) is 4.88 Å². The summed E-state index contributed by atoms with van der Waals surface area (Å²) < 4.78 is 4.88. The normalized spacial score (nSPS) is 19.8. The number of aryl methyl sites for hydroxylation is 1. The summed E-state index contributed by atoms with van der Waals surface area (Å²) in [6.45, 7) is 1.96. The number of hydrogen-bond donors (Lipinski definition) is 4. The summed E-state index contributed by atoms with van der Waals surface area (Å²) in [4.78, 5) is 70.0. The molecule has 3 rings (SSSR count). The molecule has 3 heterocycles. The highest BCUT2D eigenvalue weighted by atomic mass is 32.2. The van der Waals surface area contributed by atoms with Crippen molar-refractivity contribution in [1.29, 1.82) is 0 Å². The summed E-state index contributed by atoms with van der Waals surface area (Å²) in [7, 11) is 0. The van der Waals surface area contributed by atoms with Gasteiger partial charge in [0.05, 0.1) is 0 Å². The highest BCUT2D eigenvalue weighted by Gasteiger charge is 2.54. The first kappa shape index (κ1) is 25.0. The number of oxime groups is 1. The van der Waals surface area contributed by atoms with Gasteiger partial charge in [-0.15, -0.1) is 23.1 Å². The number of anilines is 1. The Morgan fingerprint density at radius 3 is 2.62 bits per heavy atom. The Labute approximate surface area is 200 Å². The molecule has 1 saturated heterocycles. The molecular formula is C18H20N6O8S2. The molecular weight excluding hydrogens is 492 g/mol. The number of nitrogens with zero attached hydrogens (tertiary/aromatic N) is 3. The molecule has 0 aliphatic carbocycles. The third kappa shape index (κ3) is 5.12. The molecule has 16 heteroatoms. The predicted molar refractivity (Wildman–Crippen MR) is 119 cm³/mol. The Kier molecular flexibility index (Phi) is 7.41. The highest BCUT2D eigenvalue weighted by molar-refractivity contribution is 8.00. The zero-order valence-corrected chi connectivity index (χ0v) is 19.5. The summed E-state index contributed by atoms with van der Waals surface area (Å²) in [6, 6.07) is -1.07. The fourth-order valence-corrected chi connectivity index (χ4v) is 5.20. The summed E-state index contributed by atoms with van der Waals surface area (Å²) >= 11 is 2.29. The van der Waals surface area contributed by atoms with Crippen molar-refractivity contribution in [2.45, 2.75) is 25.3 Å². The average molecular weight is 513 g/mol. The van der Waals surface area contributed by atoms with Crippen molar-refractivity contribution >= 4 is 63.6 Å². The first-order chi connectivity index (χ1) is 16.0. The molecule has 2 atom stereocenters. The van der Waals surface area contributed by atoms with E-state index in [2.05, 4.69) is 15.5 Å². The highest BCUT2D eigenvalue weighted by Crippen LogP contribution is 2.40. The monoisotopic (exact) mass is 512 g/mol. The van der Waals surface area contributed by atoms with Crippen LogP contribution in [0.25, 0.3) is 0 Å². The van der Waals surface area contributed by atoms with Gasteiger partial charge in [0, 0.05) is 23.1 Å². The van der Waals surface area contributed by atoms with Crippen LogP contribution in [0.3, 0.4) is 0 Å². The molecule has 0 unspecified atom stereocenters. The zero-order chi connectivity index (χ0) is 25.2. The molecule has 0 saturated carbocycles. The van der Waals surface area contributed by atoms with Crippen LogP contribution in [0.4, 0.5) is 5.13 Å². The van der Waals surface area contributed by atoms with Crippen molar-refractivity contribution in [2.24, 2.45) is 10.9 Å². The minimum atomic E-state index is -1.36.